The maximum absolute atomic E-state index is 5.54. The Morgan fingerprint density at radius 3 is 2.69 bits per heavy atom. The molecule has 1 saturated heterocycles. The first-order valence-corrected chi connectivity index (χ1v) is 6.81. The minimum absolute atomic E-state index is 0.564. The minimum Gasteiger partial charge on any atom is -0.379 e. The SMILES string of the molecule is CCNC1COCC1CNCC1(CC)CC1. The van der Waals surface area contributed by atoms with E-state index in [2.05, 4.69) is 24.5 Å². The summed E-state index contributed by atoms with van der Waals surface area (Å²) < 4.78 is 5.54. The molecule has 1 aliphatic heterocycles. The zero-order chi connectivity index (χ0) is 11.4. The van der Waals surface area contributed by atoms with Crippen molar-refractivity contribution in [3.63, 3.8) is 0 Å². The highest BCUT2D eigenvalue weighted by atomic mass is 16.5. The van der Waals surface area contributed by atoms with E-state index in [4.69, 9.17) is 4.74 Å². The van der Waals surface area contributed by atoms with E-state index < -0.39 is 0 Å². The Kier molecular flexibility index (Phi) is 4.22. The summed E-state index contributed by atoms with van der Waals surface area (Å²) in [6.07, 6.45) is 4.18. The summed E-state index contributed by atoms with van der Waals surface area (Å²) in [7, 11) is 0. The van der Waals surface area contributed by atoms with Gasteiger partial charge < -0.3 is 15.4 Å². The van der Waals surface area contributed by atoms with Gasteiger partial charge in [0.25, 0.3) is 0 Å². The zero-order valence-corrected chi connectivity index (χ0v) is 10.7. The summed E-state index contributed by atoms with van der Waals surface area (Å²) in [5.74, 6) is 0.660. The standard InChI is InChI=1S/C13H26N2O/c1-3-13(5-6-13)10-14-7-11-8-16-9-12(11)15-4-2/h11-12,14-15H,3-10H2,1-2H3. The topological polar surface area (TPSA) is 33.3 Å². The highest BCUT2D eigenvalue weighted by Gasteiger charge is 2.40. The van der Waals surface area contributed by atoms with Crippen molar-refractivity contribution in [1.82, 2.24) is 10.6 Å². The predicted molar refractivity (Wildman–Crippen MR) is 66.6 cm³/mol. The van der Waals surface area contributed by atoms with Gasteiger partial charge in [0.1, 0.15) is 0 Å². The lowest BCUT2D eigenvalue weighted by Crippen LogP contribution is -2.41. The van der Waals surface area contributed by atoms with Crippen LogP contribution in [0.2, 0.25) is 0 Å². The van der Waals surface area contributed by atoms with Crippen molar-refractivity contribution >= 4 is 0 Å². The van der Waals surface area contributed by atoms with Crippen LogP contribution in [0.5, 0.6) is 0 Å². The summed E-state index contributed by atoms with van der Waals surface area (Å²) in [6.45, 7) is 9.65. The second-order valence-corrected chi connectivity index (χ2v) is 5.45. The molecule has 1 saturated carbocycles. The van der Waals surface area contributed by atoms with Crippen LogP contribution in [0.15, 0.2) is 0 Å². The average Bonchev–Trinajstić information content (AvgIpc) is 2.95. The van der Waals surface area contributed by atoms with Crippen molar-refractivity contribution in [3.8, 4) is 0 Å². The van der Waals surface area contributed by atoms with Gasteiger partial charge >= 0.3 is 0 Å². The summed E-state index contributed by atoms with van der Waals surface area (Å²) >= 11 is 0. The first-order valence-electron chi connectivity index (χ1n) is 6.81. The number of nitrogens with one attached hydrogen (secondary N) is 2. The average molecular weight is 226 g/mol. The zero-order valence-electron chi connectivity index (χ0n) is 10.7. The highest BCUT2D eigenvalue weighted by molar-refractivity contribution is 4.94. The summed E-state index contributed by atoms with van der Waals surface area (Å²) in [5.41, 5.74) is 0.660. The molecule has 94 valence electrons. The molecular formula is C13H26N2O. The summed E-state index contributed by atoms with van der Waals surface area (Å²) in [6, 6.07) is 0.564. The Labute approximate surface area is 99.3 Å². The highest BCUT2D eigenvalue weighted by Crippen LogP contribution is 2.47. The molecule has 2 fully saturated rings. The van der Waals surface area contributed by atoms with Crippen LogP contribution < -0.4 is 10.6 Å². The van der Waals surface area contributed by atoms with Crippen molar-refractivity contribution in [2.24, 2.45) is 11.3 Å². The summed E-state index contributed by atoms with van der Waals surface area (Å²) in [4.78, 5) is 0. The van der Waals surface area contributed by atoms with E-state index in [1.54, 1.807) is 0 Å². The molecule has 2 rings (SSSR count). The maximum atomic E-state index is 5.54. The smallest absolute Gasteiger partial charge is 0.0623 e. The number of rotatable bonds is 7. The van der Waals surface area contributed by atoms with E-state index in [1.807, 2.05) is 0 Å². The number of ether oxygens (including phenoxy) is 1. The molecule has 0 bridgehead atoms. The number of hydrogen-bond donors (Lipinski definition) is 2. The Balaban J connectivity index is 1.65. The Morgan fingerprint density at radius 1 is 1.25 bits per heavy atom. The van der Waals surface area contributed by atoms with Crippen LogP contribution in [-0.2, 0) is 4.74 Å². The fourth-order valence-electron chi connectivity index (χ4n) is 2.64. The molecule has 0 aromatic carbocycles. The number of likely N-dealkylation sites (N-methyl/N-ethyl adjacent to an activating group) is 1. The molecule has 2 unspecified atom stereocenters. The van der Waals surface area contributed by atoms with Crippen molar-refractivity contribution in [3.05, 3.63) is 0 Å². The lowest BCUT2D eigenvalue weighted by Gasteiger charge is -2.20. The molecule has 3 heteroatoms. The number of hydrogen-bond acceptors (Lipinski definition) is 3. The third-order valence-corrected chi connectivity index (χ3v) is 4.28. The third-order valence-electron chi connectivity index (χ3n) is 4.28. The lowest BCUT2D eigenvalue weighted by atomic mass is 10.0. The van der Waals surface area contributed by atoms with Gasteiger partial charge in [0.2, 0.25) is 0 Å². The van der Waals surface area contributed by atoms with Crippen molar-refractivity contribution in [2.75, 3.05) is 32.8 Å². The molecule has 2 N–H and O–H groups in total. The predicted octanol–water partition coefficient (Wildman–Crippen LogP) is 1.39. The molecule has 0 amide bonds. The van der Waals surface area contributed by atoms with Gasteiger partial charge in [0, 0.05) is 25.0 Å². The van der Waals surface area contributed by atoms with E-state index >= 15 is 0 Å². The van der Waals surface area contributed by atoms with Crippen LogP contribution in [0.25, 0.3) is 0 Å². The molecule has 2 atom stereocenters. The van der Waals surface area contributed by atoms with Gasteiger partial charge in [-0.2, -0.15) is 0 Å². The second kappa shape index (κ2) is 5.48. The Bertz CT molecular complexity index is 216. The Morgan fingerprint density at radius 2 is 2.06 bits per heavy atom. The lowest BCUT2D eigenvalue weighted by molar-refractivity contribution is 0.182. The van der Waals surface area contributed by atoms with Gasteiger partial charge in [-0.05, 0) is 31.2 Å². The monoisotopic (exact) mass is 226 g/mol. The van der Waals surface area contributed by atoms with Gasteiger partial charge in [-0.1, -0.05) is 13.8 Å². The van der Waals surface area contributed by atoms with E-state index in [0.717, 1.165) is 26.3 Å². The largest absolute Gasteiger partial charge is 0.379 e. The van der Waals surface area contributed by atoms with Gasteiger partial charge in [0.05, 0.1) is 13.2 Å². The van der Waals surface area contributed by atoms with E-state index in [9.17, 15) is 0 Å². The van der Waals surface area contributed by atoms with Crippen LogP contribution in [0.1, 0.15) is 33.1 Å². The first-order chi connectivity index (χ1) is 7.79. The normalized spacial score (nSPS) is 31.9. The molecule has 0 radical (unpaired) electrons. The second-order valence-electron chi connectivity index (χ2n) is 5.45. The molecule has 16 heavy (non-hydrogen) atoms. The molecule has 1 heterocycles. The summed E-state index contributed by atoms with van der Waals surface area (Å²) in [5, 5.41) is 7.16. The van der Waals surface area contributed by atoms with Gasteiger partial charge in [-0.25, -0.2) is 0 Å². The molecule has 0 aromatic heterocycles. The molecule has 0 aromatic rings. The van der Waals surface area contributed by atoms with Crippen molar-refractivity contribution in [1.29, 1.82) is 0 Å². The fraction of sp³-hybridized carbons (Fsp3) is 1.00. The van der Waals surface area contributed by atoms with E-state index in [1.165, 1.54) is 25.8 Å². The van der Waals surface area contributed by atoms with E-state index in [-0.39, 0.29) is 0 Å². The van der Waals surface area contributed by atoms with Gasteiger partial charge in [-0.15, -0.1) is 0 Å². The fourth-order valence-corrected chi connectivity index (χ4v) is 2.64. The Hall–Kier alpha value is -0.120. The van der Waals surface area contributed by atoms with Gasteiger partial charge in [0.15, 0.2) is 0 Å². The molecule has 3 nitrogen and oxygen atoms in total. The van der Waals surface area contributed by atoms with Crippen LogP contribution in [0, 0.1) is 11.3 Å². The maximum Gasteiger partial charge on any atom is 0.0623 e. The molecule has 2 aliphatic rings. The van der Waals surface area contributed by atoms with Crippen LogP contribution in [-0.4, -0.2) is 38.9 Å². The van der Waals surface area contributed by atoms with Gasteiger partial charge in [-0.3, -0.25) is 0 Å². The van der Waals surface area contributed by atoms with Crippen LogP contribution in [0.3, 0.4) is 0 Å². The van der Waals surface area contributed by atoms with Crippen molar-refractivity contribution in [2.45, 2.75) is 39.2 Å². The van der Waals surface area contributed by atoms with E-state index in [0.29, 0.717) is 17.4 Å². The third kappa shape index (κ3) is 2.96. The minimum atomic E-state index is 0.564. The molecular weight excluding hydrogens is 200 g/mol. The first kappa shape index (κ1) is 12.3. The van der Waals surface area contributed by atoms with Crippen LogP contribution in [0.4, 0.5) is 0 Å². The molecule has 0 spiro atoms. The quantitative estimate of drug-likeness (QED) is 0.688. The molecule has 1 aliphatic carbocycles. The van der Waals surface area contributed by atoms with Crippen molar-refractivity contribution < 1.29 is 4.74 Å². The van der Waals surface area contributed by atoms with Crippen LogP contribution >= 0.6 is 0 Å².